The van der Waals surface area contributed by atoms with Crippen LogP contribution < -0.4 is 10.6 Å². The Labute approximate surface area is 193 Å². The predicted octanol–water partition coefficient (Wildman–Crippen LogP) is 3.01. The molecule has 0 aromatic heterocycles. The SMILES string of the molecule is O=C(O)CCCC=CC[C@H]1[C@@H](CNC(=O)CNC(=O)CSc2ccccc2)[C@H]2CC[C@@H]1O2. The molecule has 2 heterocycles. The molecule has 8 heteroatoms. The fourth-order valence-electron chi connectivity index (χ4n) is 4.41. The van der Waals surface area contributed by atoms with Crippen molar-refractivity contribution in [1.29, 1.82) is 0 Å². The molecule has 174 valence electrons. The van der Waals surface area contributed by atoms with E-state index in [9.17, 15) is 14.4 Å². The third kappa shape index (κ3) is 7.67. The third-order valence-corrected chi connectivity index (χ3v) is 7.03. The van der Waals surface area contributed by atoms with Gasteiger partial charge >= 0.3 is 5.97 Å². The summed E-state index contributed by atoms with van der Waals surface area (Å²) >= 11 is 1.44. The zero-order chi connectivity index (χ0) is 22.8. The van der Waals surface area contributed by atoms with Gasteiger partial charge in [0.15, 0.2) is 0 Å². The van der Waals surface area contributed by atoms with Crippen molar-refractivity contribution in [3.05, 3.63) is 42.5 Å². The fraction of sp³-hybridized carbons (Fsp3) is 0.542. The molecule has 2 aliphatic rings. The van der Waals surface area contributed by atoms with Crippen LogP contribution in [0.4, 0.5) is 0 Å². The number of allylic oxidation sites excluding steroid dienone is 2. The molecule has 3 N–H and O–H groups in total. The summed E-state index contributed by atoms with van der Waals surface area (Å²) in [6.45, 7) is 0.524. The zero-order valence-corrected chi connectivity index (χ0v) is 19.0. The quantitative estimate of drug-likeness (QED) is 0.237. The third-order valence-electron chi connectivity index (χ3n) is 6.02. The number of nitrogens with one attached hydrogen (secondary N) is 2. The molecule has 2 bridgehead atoms. The summed E-state index contributed by atoms with van der Waals surface area (Å²) in [5, 5.41) is 14.3. The molecule has 0 aliphatic carbocycles. The second-order valence-corrected chi connectivity index (χ2v) is 9.34. The topological polar surface area (TPSA) is 105 Å². The first-order valence-electron chi connectivity index (χ1n) is 11.3. The van der Waals surface area contributed by atoms with E-state index in [2.05, 4.69) is 16.7 Å². The van der Waals surface area contributed by atoms with E-state index in [0.717, 1.165) is 30.6 Å². The fourth-order valence-corrected chi connectivity index (χ4v) is 5.16. The van der Waals surface area contributed by atoms with Gasteiger partial charge in [-0.1, -0.05) is 30.4 Å². The van der Waals surface area contributed by atoms with Gasteiger partial charge in [-0.25, -0.2) is 0 Å². The largest absolute Gasteiger partial charge is 0.481 e. The summed E-state index contributed by atoms with van der Waals surface area (Å²) in [6.07, 6.45) is 9.15. The molecule has 3 rings (SSSR count). The number of carboxylic acids is 1. The van der Waals surface area contributed by atoms with Crippen LogP contribution in [0.25, 0.3) is 0 Å². The molecule has 0 unspecified atom stereocenters. The average Bonchev–Trinajstić information content (AvgIpc) is 3.39. The van der Waals surface area contributed by atoms with E-state index in [-0.39, 0.29) is 48.7 Å². The molecular weight excluding hydrogens is 428 g/mol. The smallest absolute Gasteiger partial charge is 0.303 e. The van der Waals surface area contributed by atoms with Gasteiger partial charge in [-0.3, -0.25) is 14.4 Å². The summed E-state index contributed by atoms with van der Waals surface area (Å²) in [5.41, 5.74) is 0. The van der Waals surface area contributed by atoms with Crippen LogP contribution in [0.3, 0.4) is 0 Å². The van der Waals surface area contributed by atoms with Gasteiger partial charge in [0.25, 0.3) is 0 Å². The number of benzene rings is 1. The number of amides is 2. The molecule has 4 atom stereocenters. The Hall–Kier alpha value is -2.32. The first-order valence-corrected chi connectivity index (χ1v) is 12.2. The maximum absolute atomic E-state index is 12.2. The molecule has 0 radical (unpaired) electrons. The van der Waals surface area contributed by atoms with Crippen molar-refractivity contribution in [2.45, 2.75) is 55.6 Å². The van der Waals surface area contributed by atoms with E-state index < -0.39 is 5.97 Å². The molecule has 1 aromatic rings. The summed E-state index contributed by atoms with van der Waals surface area (Å²) in [7, 11) is 0. The lowest BCUT2D eigenvalue weighted by molar-refractivity contribution is -0.137. The Kier molecular flexibility index (Phi) is 9.62. The number of hydrogen-bond acceptors (Lipinski definition) is 5. The van der Waals surface area contributed by atoms with E-state index in [1.807, 2.05) is 36.4 Å². The molecule has 2 amide bonds. The summed E-state index contributed by atoms with van der Waals surface area (Å²) in [5.74, 6) is -0.204. The molecule has 2 fully saturated rings. The number of carboxylic acid groups (broad SMARTS) is 1. The van der Waals surface area contributed by atoms with Gasteiger partial charge < -0.3 is 20.5 Å². The van der Waals surface area contributed by atoms with Crippen LogP contribution in [0, 0.1) is 11.8 Å². The number of aliphatic carboxylic acids is 1. The second-order valence-electron chi connectivity index (χ2n) is 8.29. The lowest BCUT2D eigenvalue weighted by Crippen LogP contribution is -2.42. The van der Waals surface area contributed by atoms with Crippen LogP contribution in [0.5, 0.6) is 0 Å². The molecular formula is C24H32N2O5S. The van der Waals surface area contributed by atoms with Gasteiger partial charge in [0.1, 0.15) is 0 Å². The minimum atomic E-state index is -0.762. The Bertz CT molecular complexity index is 801. The Morgan fingerprint density at radius 3 is 2.53 bits per heavy atom. The first kappa shape index (κ1) is 24.3. The summed E-state index contributed by atoms with van der Waals surface area (Å²) in [6, 6.07) is 9.68. The summed E-state index contributed by atoms with van der Waals surface area (Å²) < 4.78 is 6.08. The van der Waals surface area contributed by atoms with Crippen LogP contribution >= 0.6 is 11.8 Å². The molecule has 32 heavy (non-hydrogen) atoms. The van der Waals surface area contributed by atoms with Crippen molar-refractivity contribution >= 4 is 29.5 Å². The lowest BCUT2D eigenvalue weighted by atomic mass is 9.77. The highest BCUT2D eigenvalue weighted by molar-refractivity contribution is 8.00. The Balaban J connectivity index is 1.34. The normalized spacial score (nSPS) is 24.0. The monoisotopic (exact) mass is 460 g/mol. The Morgan fingerprint density at radius 1 is 1.03 bits per heavy atom. The predicted molar refractivity (Wildman–Crippen MR) is 123 cm³/mol. The number of thioether (sulfide) groups is 1. The standard InChI is InChI=1S/C24H32N2O5S/c27-22(15-26-23(28)16-32-17-8-4-3-5-9-17)25-14-19-18(20-12-13-21(19)31-20)10-6-1-2-7-11-24(29)30/h1,3-6,8-9,18-21H,2,7,10-16H2,(H,25,27)(H,26,28)(H,29,30)/t18-,19+,20-,21+/m0/s1. The number of hydrogen-bond donors (Lipinski definition) is 3. The molecule has 1 aromatic carbocycles. The zero-order valence-electron chi connectivity index (χ0n) is 18.2. The van der Waals surface area contributed by atoms with E-state index in [0.29, 0.717) is 18.9 Å². The molecule has 2 saturated heterocycles. The molecule has 0 saturated carbocycles. The highest BCUT2D eigenvalue weighted by atomic mass is 32.2. The number of unbranched alkanes of at least 4 members (excludes halogenated alkanes) is 1. The highest BCUT2D eigenvalue weighted by Crippen LogP contribution is 2.44. The average molecular weight is 461 g/mol. The number of rotatable bonds is 13. The van der Waals surface area contributed by atoms with E-state index in [1.165, 1.54) is 11.8 Å². The van der Waals surface area contributed by atoms with Crippen molar-refractivity contribution in [1.82, 2.24) is 10.6 Å². The lowest BCUT2D eigenvalue weighted by Gasteiger charge is -2.27. The highest BCUT2D eigenvalue weighted by Gasteiger charge is 2.47. The van der Waals surface area contributed by atoms with Crippen LogP contribution in [-0.4, -0.2) is 53.9 Å². The maximum atomic E-state index is 12.2. The van der Waals surface area contributed by atoms with E-state index in [1.54, 1.807) is 0 Å². The minimum Gasteiger partial charge on any atom is -0.481 e. The van der Waals surface area contributed by atoms with Crippen LogP contribution in [0.1, 0.15) is 38.5 Å². The number of ether oxygens (including phenoxy) is 1. The molecule has 7 nitrogen and oxygen atoms in total. The van der Waals surface area contributed by atoms with Gasteiger partial charge in [-0.05, 0) is 50.2 Å². The molecule has 0 spiro atoms. The van der Waals surface area contributed by atoms with Gasteiger partial charge in [-0.2, -0.15) is 0 Å². The van der Waals surface area contributed by atoms with Crippen molar-refractivity contribution in [2.24, 2.45) is 11.8 Å². The number of carbonyl (C=O) groups is 3. The van der Waals surface area contributed by atoms with Crippen molar-refractivity contribution in [3.8, 4) is 0 Å². The van der Waals surface area contributed by atoms with E-state index >= 15 is 0 Å². The van der Waals surface area contributed by atoms with Gasteiger partial charge in [0, 0.05) is 23.8 Å². The van der Waals surface area contributed by atoms with E-state index in [4.69, 9.17) is 9.84 Å². The van der Waals surface area contributed by atoms with Crippen molar-refractivity contribution in [2.75, 3.05) is 18.8 Å². The minimum absolute atomic E-state index is 0.0238. The van der Waals surface area contributed by atoms with Gasteiger partial charge in [-0.15, -0.1) is 11.8 Å². The van der Waals surface area contributed by atoms with Crippen LogP contribution in [0.15, 0.2) is 47.4 Å². The maximum Gasteiger partial charge on any atom is 0.303 e. The van der Waals surface area contributed by atoms with Crippen LogP contribution in [-0.2, 0) is 19.1 Å². The van der Waals surface area contributed by atoms with Gasteiger partial charge in [0.2, 0.25) is 11.8 Å². The second kappa shape index (κ2) is 12.6. The number of fused-ring (bicyclic) bond motifs is 2. The molecule has 2 aliphatic heterocycles. The van der Waals surface area contributed by atoms with Crippen LogP contribution in [0.2, 0.25) is 0 Å². The van der Waals surface area contributed by atoms with Gasteiger partial charge in [0.05, 0.1) is 24.5 Å². The first-order chi connectivity index (χ1) is 15.5. The number of carbonyl (C=O) groups excluding carboxylic acids is 2. The van der Waals surface area contributed by atoms with Crippen molar-refractivity contribution < 1.29 is 24.2 Å². The van der Waals surface area contributed by atoms with Crippen molar-refractivity contribution in [3.63, 3.8) is 0 Å². The summed E-state index contributed by atoms with van der Waals surface area (Å²) in [4.78, 5) is 35.8. The Morgan fingerprint density at radius 2 is 1.78 bits per heavy atom.